The minimum absolute atomic E-state index is 0. The van der Waals surface area contributed by atoms with Gasteiger partial charge >= 0.3 is 248 Å². The van der Waals surface area contributed by atoms with Crippen molar-refractivity contribution in [2.45, 2.75) is 62.4 Å². The van der Waals surface area contributed by atoms with Gasteiger partial charge in [0, 0.05) is 0 Å². The van der Waals surface area contributed by atoms with Crippen molar-refractivity contribution < 1.29 is 50.5 Å². The van der Waals surface area contributed by atoms with Crippen LogP contribution in [-0.2, 0) is 21.3 Å². The van der Waals surface area contributed by atoms with E-state index in [0.717, 1.165) is 17.8 Å². The summed E-state index contributed by atoms with van der Waals surface area (Å²) in [5.41, 5.74) is 10.9. The van der Waals surface area contributed by atoms with Gasteiger partial charge in [0.2, 0.25) is 0 Å². The topological polar surface area (TPSA) is 0 Å². The molecule has 3 aromatic rings. The summed E-state index contributed by atoms with van der Waals surface area (Å²) in [5, 5.41) is 0. The van der Waals surface area contributed by atoms with Gasteiger partial charge in [-0.2, -0.15) is 0 Å². The first-order valence-electron chi connectivity index (χ1n) is 15.5. The first-order valence-corrected chi connectivity index (χ1v) is 19.6. The van der Waals surface area contributed by atoms with Crippen LogP contribution in [0.15, 0.2) is 93.3 Å². The molecule has 216 valence electrons. The maximum Gasteiger partial charge on any atom is -1.00 e. The van der Waals surface area contributed by atoms with Crippen molar-refractivity contribution in [3.63, 3.8) is 0 Å². The predicted molar refractivity (Wildman–Crippen MR) is 160 cm³/mol. The third-order valence-corrected chi connectivity index (χ3v) is 19.4. The molecule has 0 heterocycles. The molecule has 0 nitrogen and oxygen atoms in total. The van der Waals surface area contributed by atoms with E-state index in [1.165, 1.54) is 72.8 Å². The van der Waals surface area contributed by atoms with Gasteiger partial charge in [0.1, 0.15) is 0 Å². The van der Waals surface area contributed by atoms with E-state index in [1.807, 2.05) is 12.1 Å². The predicted octanol–water partition coefficient (Wildman–Crippen LogP) is 3.83. The van der Waals surface area contributed by atoms with Crippen molar-refractivity contribution >= 4 is 3.71 Å². The quantitative estimate of drug-likeness (QED) is 0.386. The van der Waals surface area contributed by atoms with Crippen molar-refractivity contribution in [3.05, 3.63) is 116 Å². The molecule has 3 aromatic carbocycles. The molecule has 0 radical (unpaired) electrons. The summed E-state index contributed by atoms with van der Waals surface area (Å²) in [6, 6.07) is 25.5. The largest absolute Gasteiger partial charge is 1.00 e. The zero-order valence-electron chi connectivity index (χ0n) is 24.6. The van der Waals surface area contributed by atoms with Crippen LogP contribution in [0.25, 0.3) is 11.1 Å². The minimum Gasteiger partial charge on any atom is -1.00 e. The molecule has 6 aliphatic carbocycles. The van der Waals surface area contributed by atoms with Crippen LogP contribution in [0.2, 0.25) is 0 Å². The second kappa shape index (κ2) is 11.7. The van der Waals surface area contributed by atoms with Crippen molar-refractivity contribution in [1.29, 1.82) is 0 Å². The molecule has 4 bridgehead atoms. The molecule has 0 aromatic heterocycles. The van der Waals surface area contributed by atoms with Crippen LogP contribution in [-0.4, -0.2) is 3.71 Å². The molecule has 9 rings (SSSR count). The van der Waals surface area contributed by atoms with E-state index < -0.39 is 21.3 Å². The van der Waals surface area contributed by atoms with Gasteiger partial charge in [0.25, 0.3) is 0 Å². The zero-order chi connectivity index (χ0) is 27.0. The van der Waals surface area contributed by atoms with Crippen LogP contribution < -0.4 is 24.8 Å². The SMILES string of the molecule is CC1=[C](/[Zr+2](=[CH]/c2ccc(F)cc2)[CH]2c3ccccc3-c3ccccc32)C(C)C=C1CC12CC3CC(CC(C3)C1)C2.[Cl-].[Cl-]. The van der Waals surface area contributed by atoms with Gasteiger partial charge in [-0.25, -0.2) is 0 Å². The minimum atomic E-state index is -2.53. The van der Waals surface area contributed by atoms with E-state index in [9.17, 15) is 4.39 Å². The van der Waals surface area contributed by atoms with Crippen molar-refractivity contribution in [2.24, 2.45) is 29.1 Å². The number of allylic oxidation sites excluding steroid dienone is 4. The van der Waals surface area contributed by atoms with Gasteiger partial charge in [-0.05, 0) is 0 Å². The normalized spacial score (nSPS) is 28.7. The van der Waals surface area contributed by atoms with Gasteiger partial charge in [0.15, 0.2) is 0 Å². The molecule has 4 fully saturated rings. The Morgan fingerprint density at radius 1 is 0.786 bits per heavy atom. The average molecular weight is 677 g/mol. The maximum absolute atomic E-state index is 13.9. The van der Waals surface area contributed by atoms with E-state index in [2.05, 4.69) is 72.2 Å². The molecule has 1 atom stereocenters. The van der Waals surface area contributed by atoms with Gasteiger partial charge < -0.3 is 24.8 Å². The third-order valence-electron chi connectivity index (χ3n) is 11.2. The number of hydrogen-bond donors (Lipinski definition) is 0. The van der Waals surface area contributed by atoms with E-state index in [1.54, 1.807) is 26.6 Å². The van der Waals surface area contributed by atoms with Crippen LogP contribution in [0, 0.1) is 34.9 Å². The summed E-state index contributed by atoms with van der Waals surface area (Å²) in [5.74, 6) is 3.34. The van der Waals surface area contributed by atoms with Gasteiger partial charge in [0.05, 0.1) is 0 Å². The number of rotatable bonds is 5. The molecule has 4 heteroatoms. The molecule has 6 aliphatic rings. The van der Waals surface area contributed by atoms with Crippen LogP contribution in [0.5, 0.6) is 0 Å². The molecule has 0 amide bonds. The van der Waals surface area contributed by atoms with Gasteiger partial charge in [-0.15, -0.1) is 0 Å². The average Bonchev–Trinajstić information content (AvgIpc) is 3.40. The number of benzene rings is 3. The summed E-state index contributed by atoms with van der Waals surface area (Å²) in [6.45, 7) is 4.94. The molecule has 42 heavy (non-hydrogen) atoms. The molecule has 0 N–H and O–H groups in total. The molecule has 1 unspecified atom stereocenters. The Bertz CT molecular complexity index is 1520. The molecule has 4 saturated carbocycles. The van der Waals surface area contributed by atoms with Crippen molar-refractivity contribution in [3.8, 4) is 11.1 Å². The number of hydrogen-bond acceptors (Lipinski definition) is 0. The second-order valence-electron chi connectivity index (χ2n) is 13.9. The standard InChI is InChI=1S/C18H25.C13H9.C7H5F.2ClH.Zr/c1-12-3-13(2)17(4-12)11-18-8-14-5-15(9-18)7-16(6-14)10-18;1-3-7-12-10(5-1)9-11-6-2-4-8-13(11)12;1-6-2-4-7(8)5-3-6;;;/h4,12,14-16H,5-11H2,1-2H3;1-9H;1-5H;2*1H;/q;;;;;+2/p-2. The zero-order valence-corrected chi connectivity index (χ0v) is 28.5. The first kappa shape index (κ1) is 30.4. The summed E-state index contributed by atoms with van der Waals surface area (Å²) >= 11 is -2.53. The first-order chi connectivity index (χ1) is 19.5. The molecular formula is C38H39Cl2FZr. The summed E-state index contributed by atoms with van der Waals surface area (Å²) in [7, 11) is 0. The Morgan fingerprint density at radius 2 is 1.31 bits per heavy atom. The van der Waals surface area contributed by atoms with Crippen LogP contribution in [0.4, 0.5) is 4.39 Å². The van der Waals surface area contributed by atoms with Crippen molar-refractivity contribution in [1.82, 2.24) is 0 Å². The monoisotopic (exact) mass is 674 g/mol. The van der Waals surface area contributed by atoms with Crippen LogP contribution in [0.1, 0.15) is 79.1 Å². The fourth-order valence-corrected chi connectivity index (χ4v) is 18.9. The Balaban J connectivity index is 0.00000158. The Morgan fingerprint density at radius 3 is 1.86 bits per heavy atom. The third kappa shape index (κ3) is 5.12. The fraction of sp³-hybridized carbons (Fsp3) is 0.395. The Hall–Kier alpha value is -1.60. The van der Waals surface area contributed by atoms with Crippen LogP contribution >= 0.6 is 0 Å². The summed E-state index contributed by atoms with van der Waals surface area (Å²) in [4.78, 5) is 0. The summed E-state index contributed by atoms with van der Waals surface area (Å²) < 4.78 is 18.8. The Kier molecular flexibility index (Phi) is 8.49. The van der Waals surface area contributed by atoms with E-state index in [0.29, 0.717) is 15.0 Å². The van der Waals surface area contributed by atoms with Crippen molar-refractivity contribution in [2.75, 3.05) is 0 Å². The molecule has 0 spiro atoms. The van der Waals surface area contributed by atoms with Crippen LogP contribution in [0.3, 0.4) is 0 Å². The molecule has 0 saturated heterocycles. The van der Waals surface area contributed by atoms with E-state index in [-0.39, 0.29) is 30.6 Å². The number of fused-ring (bicyclic) bond motifs is 3. The fourth-order valence-electron chi connectivity index (χ4n) is 10.2. The van der Waals surface area contributed by atoms with Gasteiger partial charge in [-0.1, -0.05) is 0 Å². The Labute approximate surface area is 270 Å². The molecular weight excluding hydrogens is 638 g/mol. The second-order valence-corrected chi connectivity index (χ2v) is 19.6. The van der Waals surface area contributed by atoms with E-state index >= 15 is 0 Å². The van der Waals surface area contributed by atoms with Gasteiger partial charge in [-0.3, -0.25) is 0 Å². The van der Waals surface area contributed by atoms with E-state index in [4.69, 9.17) is 0 Å². The number of halogens is 3. The summed E-state index contributed by atoms with van der Waals surface area (Å²) in [6.07, 6.45) is 13.0. The molecule has 0 aliphatic heterocycles. The smallest absolute Gasteiger partial charge is 1.00 e. The maximum atomic E-state index is 13.9.